The van der Waals surface area contributed by atoms with Gasteiger partial charge in [0.15, 0.2) is 5.41 Å². The van der Waals surface area contributed by atoms with Gasteiger partial charge in [-0.3, -0.25) is 4.79 Å². The highest BCUT2D eigenvalue weighted by Gasteiger charge is 2.71. The fourth-order valence-corrected chi connectivity index (χ4v) is 4.50. The van der Waals surface area contributed by atoms with Crippen molar-refractivity contribution in [3.05, 3.63) is 0 Å². The van der Waals surface area contributed by atoms with Gasteiger partial charge in [-0.05, 0) is 37.0 Å². The van der Waals surface area contributed by atoms with Gasteiger partial charge in [0.1, 0.15) is 6.10 Å². The van der Waals surface area contributed by atoms with Crippen LogP contribution in [-0.4, -0.2) is 24.8 Å². The van der Waals surface area contributed by atoms with Crippen LogP contribution in [0.3, 0.4) is 0 Å². The molecule has 3 aliphatic rings. The number of nitrogens with zero attached hydrogens (tertiary/aromatic N) is 1. The molecule has 20 heavy (non-hydrogen) atoms. The highest BCUT2D eigenvalue weighted by molar-refractivity contribution is 5.84. The molecule has 0 aromatic carbocycles. The third kappa shape index (κ3) is 1.87. The van der Waals surface area contributed by atoms with Crippen LogP contribution >= 0.6 is 0 Å². The quantitative estimate of drug-likeness (QED) is 0.725. The lowest BCUT2D eigenvalue weighted by Crippen LogP contribution is -2.39. The first-order valence-electron chi connectivity index (χ1n) is 7.72. The number of carbonyl (C=O) groups is 1. The number of fused-ring (bicyclic) bond motifs is 1. The highest BCUT2D eigenvalue weighted by atomic mass is 16.6. The molecule has 0 spiro atoms. The molecule has 110 valence electrons. The molecule has 1 aliphatic heterocycles. The van der Waals surface area contributed by atoms with Gasteiger partial charge in [-0.25, -0.2) is 0 Å². The smallest absolute Gasteiger partial charge is 0.327 e. The van der Waals surface area contributed by atoms with Crippen LogP contribution in [0.15, 0.2) is 0 Å². The molecule has 1 saturated heterocycles. The lowest BCUT2D eigenvalue weighted by Gasteiger charge is -2.29. The Hall–Kier alpha value is -1.08. The van der Waals surface area contributed by atoms with Crippen LogP contribution in [0.1, 0.15) is 40.0 Å². The summed E-state index contributed by atoms with van der Waals surface area (Å²) in [4.78, 5) is 12.0. The number of carbonyl (C=O) groups excluding carboxylic acids is 1. The summed E-state index contributed by atoms with van der Waals surface area (Å²) in [6.07, 6.45) is 2.53. The SMILES string of the molecule is CC(C)CC(C)COC1C2CC3C1OC(=O)C3(C#N)C2. The number of ether oxygens (including phenoxy) is 2. The molecule has 0 aromatic rings. The van der Waals surface area contributed by atoms with Crippen molar-refractivity contribution in [2.24, 2.45) is 29.1 Å². The van der Waals surface area contributed by atoms with Gasteiger partial charge in [0.05, 0.1) is 12.2 Å². The molecule has 1 heterocycles. The Bertz CT molecular complexity index is 455. The Kier molecular flexibility index (Phi) is 3.29. The lowest BCUT2D eigenvalue weighted by molar-refractivity contribution is -0.149. The topological polar surface area (TPSA) is 59.3 Å². The number of hydrogen-bond acceptors (Lipinski definition) is 4. The summed E-state index contributed by atoms with van der Waals surface area (Å²) in [5.74, 6) is 1.27. The number of rotatable bonds is 5. The van der Waals surface area contributed by atoms with E-state index in [1.807, 2.05) is 0 Å². The second-order valence-electron chi connectivity index (χ2n) is 7.29. The number of nitriles is 1. The number of esters is 1. The van der Waals surface area contributed by atoms with E-state index < -0.39 is 5.41 Å². The van der Waals surface area contributed by atoms with Crippen molar-refractivity contribution in [1.82, 2.24) is 0 Å². The van der Waals surface area contributed by atoms with E-state index in [0.717, 1.165) is 19.4 Å². The molecular weight excluding hydrogens is 254 g/mol. The van der Waals surface area contributed by atoms with Crippen molar-refractivity contribution in [1.29, 1.82) is 5.26 Å². The van der Waals surface area contributed by atoms with Crippen molar-refractivity contribution >= 4 is 5.97 Å². The first kappa shape index (κ1) is 13.9. The second kappa shape index (κ2) is 4.73. The summed E-state index contributed by atoms with van der Waals surface area (Å²) in [6, 6.07) is 2.23. The maximum Gasteiger partial charge on any atom is 0.327 e. The predicted molar refractivity (Wildman–Crippen MR) is 72.5 cm³/mol. The standard InChI is InChI=1S/C16H23NO3/c1-9(2)4-10(3)7-19-13-11-5-12-14(13)20-15(18)16(12,6-11)8-17/h9-14H,4-7H2,1-3H3. The van der Waals surface area contributed by atoms with Crippen LogP contribution in [0, 0.1) is 40.4 Å². The Morgan fingerprint density at radius 3 is 2.90 bits per heavy atom. The van der Waals surface area contributed by atoms with Crippen molar-refractivity contribution < 1.29 is 14.3 Å². The minimum absolute atomic E-state index is 0.0162. The molecule has 0 amide bonds. The molecule has 4 nitrogen and oxygen atoms in total. The summed E-state index contributed by atoms with van der Waals surface area (Å²) < 4.78 is 11.6. The minimum atomic E-state index is -0.848. The summed E-state index contributed by atoms with van der Waals surface area (Å²) in [5.41, 5.74) is -0.848. The highest BCUT2D eigenvalue weighted by Crippen LogP contribution is 2.62. The monoisotopic (exact) mass is 277 g/mol. The van der Waals surface area contributed by atoms with E-state index in [4.69, 9.17) is 9.47 Å². The number of hydrogen-bond donors (Lipinski definition) is 0. The van der Waals surface area contributed by atoms with Crippen molar-refractivity contribution in [3.8, 4) is 6.07 Å². The van der Waals surface area contributed by atoms with Gasteiger partial charge in [-0.15, -0.1) is 0 Å². The third-order valence-corrected chi connectivity index (χ3v) is 5.21. The van der Waals surface area contributed by atoms with Crippen LogP contribution in [0.5, 0.6) is 0 Å². The molecule has 3 fully saturated rings. The van der Waals surface area contributed by atoms with Crippen LogP contribution in [0.2, 0.25) is 0 Å². The first-order chi connectivity index (χ1) is 9.48. The van der Waals surface area contributed by atoms with Crippen LogP contribution < -0.4 is 0 Å². The van der Waals surface area contributed by atoms with E-state index in [-0.39, 0.29) is 24.1 Å². The van der Waals surface area contributed by atoms with Crippen molar-refractivity contribution in [2.75, 3.05) is 6.61 Å². The molecule has 3 rings (SSSR count). The molecule has 6 unspecified atom stereocenters. The average Bonchev–Trinajstić information content (AvgIpc) is 2.95. The molecule has 0 N–H and O–H groups in total. The van der Waals surface area contributed by atoms with Gasteiger partial charge in [-0.2, -0.15) is 5.26 Å². The van der Waals surface area contributed by atoms with Gasteiger partial charge in [0.2, 0.25) is 0 Å². The van der Waals surface area contributed by atoms with E-state index in [1.54, 1.807) is 0 Å². The van der Waals surface area contributed by atoms with Crippen molar-refractivity contribution in [2.45, 2.75) is 52.2 Å². The van der Waals surface area contributed by atoms with Crippen molar-refractivity contribution in [3.63, 3.8) is 0 Å². The zero-order valence-corrected chi connectivity index (χ0v) is 12.5. The molecule has 0 radical (unpaired) electrons. The molecule has 0 aromatic heterocycles. The van der Waals surface area contributed by atoms with Gasteiger partial charge in [0.25, 0.3) is 0 Å². The summed E-state index contributed by atoms with van der Waals surface area (Å²) >= 11 is 0. The lowest BCUT2D eigenvalue weighted by atomic mass is 9.74. The molecule has 2 aliphatic carbocycles. The fraction of sp³-hybridized carbons (Fsp3) is 0.875. The molecule has 6 atom stereocenters. The third-order valence-electron chi connectivity index (χ3n) is 5.21. The van der Waals surface area contributed by atoms with E-state index in [0.29, 0.717) is 24.2 Å². The Morgan fingerprint density at radius 1 is 1.50 bits per heavy atom. The Morgan fingerprint density at radius 2 is 2.25 bits per heavy atom. The predicted octanol–water partition coefficient (Wildman–Crippen LogP) is 2.53. The van der Waals surface area contributed by atoms with Gasteiger partial charge >= 0.3 is 5.97 Å². The van der Waals surface area contributed by atoms with E-state index in [2.05, 4.69) is 26.8 Å². The van der Waals surface area contributed by atoms with Gasteiger partial charge in [-0.1, -0.05) is 20.8 Å². The Balaban J connectivity index is 1.63. The molecule has 2 saturated carbocycles. The van der Waals surface area contributed by atoms with E-state index in [1.165, 1.54) is 0 Å². The largest absolute Gasteiger partial charge is 0.458 e. The Labute approximate surface area is 120 Å². The van der Waals surface area contributed by atoms with Crippen LogP contribution in [-0.2, 0) is 14.3 Å². The fourth-order valence-electron chi connectivity index (χ4n) is 4.50. The van der Waals surface area contributed by atoms with Crippen LogP contribution in [0.4, 0.5) is 0 Å². The zero-order valence-electron chi connectivity index (χ0n) is 12.5. The summed E-state index contributed by atoms with van der Waals surface area (Å²) in [5, 5.41) is 9.35. The molecule has 4 heteroatoms. The minimum Gasteiger partial charge on any atom is -0.458 e. The molecular formula is C16H23NO3. The maximum absolute atomic E-state index is 12.0. The zero-order chi connectivity index (χ0) is 14.5. The van der Waals surface area contributed by atoms with Crippen LogP contribution in [0.25, 0.3) is 0 Å². The van der Waals surface area contributed by atoms with E-state index >= 15 is 0 Å². The second-order valence-corrected chi connectivity index (χ2v) is 7.29. The molecule has 2 bridgehead atoms. The first-order valence-corrected chi connectivity index (χ1v) is 7.72. The summed E-state index contributed by atoms with van der Waals surface area (Å²) in [7, 11) is 0. The maximum atomic E-state index is 12.0. The van der Waals surface area contributed by atoms with E-state index in [9.17, 15) is 10.1 Å². The van der Waals surface area contributed by atoms with Gasteiger partial charge in [0, 0.05) is 12.5 Å². The normalized spacial score (nSPS) is 42.9. The van der Waals surface area contributed by atoms with Gasteiger partial charge < -0.3 is 9.47 Å². The average molecular weight is 277 g/mol. The summed E-state index contributed by atoms with van der Waals surface area (Å²) in [6.45, 7) is 7.36.